The Bertz CT molecular complexity index is 272. The number of hydrogen-bond donors (Lipinski definition) is 0. The van der Waals surface area contributed by atoms with Gasteiger partial charge in [0, 0.05) is 26.2 Å². The molecule has 0 radical (unpaired) electrons. The second kappa shape index (κ2) is 7.45. The second-order valence-corrected chi connectivity index (χ2v) is 9.92. The molecule has 0 aromatic rings. The Morgan fingerprint density at radius 2 is 1.25 bits per heavy atom. The van der Waals surface area contributed by atoms with Gasteiger partial charge in [-0.2, -0.15) is 0 Å². The van der Waals surface area contributed by atoms with E-state index in [0.717, 1.165) is 24.9 Å². The van der Waals surface area contributed by atoms with E-state index >= 15 is 0 Å². The Hall–Kier alpha value is 0.190. The van der Waals surface area contributed by atoms with Crippen LogP contribution < -0.4 is 0 Å². The summed E-state index contributed by atoms with van der Waals surface area (Å²) >= 11 is 0. The van der Waals surface area contributed by atoms with Crippen molar-refractivity contribution >= 4 is 10.8 Å². The normalized spacial score (nSPS) is 31.3. The molecule has 0 bridgehead atoms. The first-order valence-corrected chi connectivity index (χ1v) is 9.45. The third-order valence-electron chi connectivity index (χ3n) is 4.51. The minimum absolute atomic E-state index is 0.770. The average Bonchev–Trinajstić information content (AvgIpc) is 2.36. The lowest BCUT2D eigenvalue weighted by atomic mass is 9.97. The highest BCUT2D eigenvalue weighted by Gasteiger charge is 2.42. The SMILES string of the molecule is CCN(C)S1(N(C)CC)N(C)CC(C)CC(C)CN1C. The fourth-order valence-corrected chi connectivity index (χ4v) is 8.14. The van der Waals surface area contributed by atoms with Crippen LogP contribution in [0.25, 0.3) is 0 Å². The molecule has 1 saturated heterocycles. The largest absolute Gasteiger partial charge is 0.236 e. The molecular formula is C15H36N4S. The first kappa shape index (κ1) is 18.2. The fourth-order valence-electron chi connectivity index (χ4n) is 3.69. The zero-order valence-electron chi connectivity index (χ0n) is 14.9. The fraction of sp³-hybridized carbons (Fsp3) is 1.00. The Kier molecular flexibility index (Phi) is 6.80. The minimum atomic E-state index is -1.20. The molecule has 1 rings (SSSR count). The van der Waals surface area contributed by atoms with E-state index in [1.807, 2.05) is 0 Å². The van der Waals surface area contributed by atoms with Crippen LogP contribution in [-0.4, -0.2) is 71.6 Å². The smallest absolute Gasteiger partial charge is 0.0131 e. The van der Waals surface area contributed by atoms with Crippen molar-refractivity contribution in [1.29, 1.82) is 0 Å². The zero-order valence-corrected chi connectivity index (χ0v) is 15.7. The van der Waals surface area contributed by atoms with Crippen LogP contribution in [0.4, 0.5) is 0 Å². The Labute approximate surface area is 128 Å². The lowest BCUT2D eigenvalue weighted by Crippen LogP contribution is -2.55. The first-order chi connectivity index (χ1) is 9.30. The third kappa shape index (κ3) is 3.33. The van der Waals surface area contributed by atoms with Crippen LogP contribution in [0.1, 0.15) is 34.1 Å². The average molecular weight is 305 g/mol. The van der Waals surface area contributed by atoms with Crippen molar-refractivity contribution < 1.29 is 0 Å². The highest BCUT2D eigenvalue weighted by molar-refractivity contribution is 8.25. The summed E-state index contributed by atoms with van der Waals surface area (Å²) in [6.45, 7) is 13.9. The van der Waals surface area contributed by atoms with Gasteiger partial charge in [-0.25, -0.2) is 17.2 Å². The first-order valence-electron chi connectivity index (χ1n) is 7.99. The predicted octanol–water partition coefficient (Wildman–Crippen LogP) is 2.89. The van der Waals surface area contributed by atoms with E-state index in [2.05, 4.69) is 73.1 Å². The summed E-state index contributed by atoms with van der Waals surface area (Å²) in [7, 11) is 7.99. The predicted molar refractivity (Wildman–Crippen MR) is 92.4 cm³/mol. The molecule has 4 nitrogen and oxygen atoms in total. The van der Waals surface area contributed by atoms with Gasteiger partial charge < -0.3 is 0 Å². The molecule has 122 valence electrons. The van der Waals surface area contributed by atoms with Crippen molar-refractivity contribution in [2.75, 3.05) is 54.4 Å². The zero-order chi connectivity index (χ0) is 15.5. The van der Waals surface area contributed by atoms with Crippen molar-refractivity contribution in [1.82, 2.24) is 17.2 Å². The summed E-state index contributed by atoms with van der Waals surface area (Å²) in [5.41, 5.74) is 0. The molecule has 1 aliphatic rings. The van der Waals surface area contributed by atoms with Gasteiger partial charge >= 0.3 is 0 Å². The Morgan fingerprint density at radius 3 is 1.55 bits per heavy atom. The minimum Gasteiger partial charge on any atom is -0.236 e. The van der Waals surface area contributed by atoms with Crippen molar-refractivity contribution in [3.05, 3.63) is 0 Å². The molecule has 2 atom stereocenters. The van der Waals surface area contributed by atoms with E-state index in [0.29, 0.717) is 0 Å². The van der Waals surface area contributed by atoms with Gasteiger partial charge in [0.1, 0.15) is 0 Å². The molecule has 0 saturated carbocycles. The molecule has 0 spiro atoms. The summed E-state index contributed by atoms with van der Waals surface area (Å²) in [5, 5.41) is 0. The lowest BCUT2D eigenvalue weighted by Gasteiger charge is -2.62. The number of nitrogens with zero attached hydrogens (tertiary/aromatic N) is 4. The van der Waals surface area contributed by atoms with Gasteiger partial charge in [-0.15, -0.1) is 0 Å². The number of rotatable bonds is 4. The summed E-state index contributed by atoms with van der Waals surface area (Å²) in [6, 6.07) is 0. The van der Waals surface area contributed by atoms with Crippen LogP contribution in [0.5, 0.6) is 0 Å². The van der Waals surface area contributed by atoms with Gasteiger partial charge in [0.05, 0.1) is 0 Å². The van der Waals surface area contributed by atoms with E-state index in [9.17, 15) is 0 Å². The van der Waals surface area contributed by atoms with Gasteiger partial charge in [0.2, 0.25) is 0 Å². The standard InChI is InChI=1S/C15H36N4S/c1-9-16(5)20(17(6)10-2)18(7)12-14(3)11-15(4)13-19(20)8/h14-15H,9-13H2,1-8H3. The monoisotopic (exact) mass is 304 g/mol. The summed E-state index contributed by atoms with van der Waals surface area (Å²) in [4.78, 5) is 0. The van der Waals surface area contributed by atoms with Crippen LogP contribution in [0.2, 0.25) is 0 Å². The molecular weight excluding hydrogens is 268 g/mol. The van der Waals surface area contributed by atoms with Crippen molar-refractivity contribution in [2.45, 2.75) is 34.1 Å². The van der Waals surface area contributed by atoms with Gasteiger partial charge in [0.15, 0.2) is 0 Å². The van der Waals surface area contributed by atoms with E-state index in [4.69, 9.17) is 0 Å². The maximum absolute atomic E-state index is 2.62. The highest BCUT2D eigenvalue weighted by atomic mass is 32.3. The Morgan fingerprint density at radius 1 is 0.900 bits per heavy atom. The molecule has 5 heteroatoms. The second-order valence-electron chi connectivity index (χ2n) is 6.45. The van der Waals surface area contributed by atoms with Gasteiger partial charge in [0.25, 0.3) is 0 Å². The molecule has 0 amide bonds. The van der Waals surface area contributed by atoms with Crippen LogP contribution in [0.3, 0.4) is 0 Å². The van der Waals surface area contributed by atoms with Gasteiger partial charge in [-0.3, -0.25) is 0 Å². The van der Waals surface area contributed by atoms with Gasteiger partial charge in [-0.05, 0) is 57.2 Å². The summed E-state index contributed by atoms with van der Waals surface area (Å²) in [6.07, 6.45) is 1.33. The summed E-state index contributed by atoms with van der Waals surface area (Å²) < 4.78 is 10.4. The van der Waals surface area contributed by atoms with E-state index in [-0.39, 0.29) is 0 Å². The lowest BCUT2D eigenvalue weighted by molar-refractivity contribution is 0.249. The van der Waals surface area contributed by atoms with Gasteiger partial charge in [-0.1, -0.05) is 27.7 Å². The third-order valence-corrected chi connectivity index (χ3v) is 8.67. The quantitative estimate of drug-likeness (QED) is 0.792. The topological polar surface area (TPSA) is 13.0 Å². The number of hydrogen-bond acceptors (Lipinski definition) is 4. The maximum Gasteiger partial charge on any atom is 0.0131 e. The van der Waals surface area contributed by atoms with Crippen LogP contribution >= 0.6 is 10.8 Å². The highest BCUT2D eigenvalue weighted by Crippen LogP contribution is 2.58. The molecule has 1 aliphatic heterocycles. The van der Waals surface area contributed by atoms with Crippen LogP contribution in [-0.2, 0) is 0 Å². The molecule has 0 aliphatic carbocycles. The van der Waals surface area contributed by atoms with Crippen LogP contribution in [0, 0.1) is 11.8 Å². The molecule has 0 N–H and O–H groups in total. The van der Waals surface area contributed by atoms with Crippen LogP contribution in [0.15, 0.2) is 0 Å². The molecule has 0 aromatic carbocycles. The van der Waals surface area contributed by atoms with Crippen molar-refractivity contribution in [2.24, 2.45) is 11.8 Å². The van der Waals surface area contributed by atoms with Crippen molar-refractivity contribution in [3.8, 4) is 0 Å². The van der Waals surface area contributed by atoms with Crippen molar-refractivity contribution in [3.63, 3.8) is 0 Å². The molecule has 2 unspecified atom stereocenters. The molecule has 1 fully saturated rings. The van der Waals surface area contributed by atoms with E-state index < -0.39 is 10.8 Å². The molecule has 1 heterocycles. The molecule has 0 aromatic heterocycles. The Balaban J connectivity index is 3.24. The van der Waals surface area contributed by atoms with E-state index in [1.54, 1.807) is 0 Å². The van der Waals surface area contributed by atoms with E-state index in [1.165, 1.54) is 19.5 Å². The maximum atomic E-state index is 2.62. The summed E-state index contributed by atoms with van der Waals surface area (Å²) in [5.74, 6) is 1.54. The molecule has 20 heavy (non-hydrogen) atoms.